The minimum Gasteiger partial charge on any atom is -0.384 e. The quantitative estimate of drug-likeness (QED) is 0.465. The van der Waals surface area contributed by atoms with Gasteiger partial charge in [0.1, 0.15) is 5.84 Å². The average molecular weight is 396 g/mol. The molecular formula is C24H24N6. The Morgan fingerprint density at radius 1 is 1.03 bits per heavy atom. The highest BCUT2D eigenvalue weighted by atomic mass is 15.2. The number of hydrogen-bond acceptors (Lipinski definition) is 5. The number of nitrogens with zero attached hydrogens (tertiary/aromatic N) is 3. The first-order chi connectivity index (χ1) is 14.7. The Kier molecular flexibility index (Phi) is 4.77. The van der Waals surface area contributed by atoms with Gasteiger partial charge in [0.15, 0.2) is 0 Å². The van der Waals surface area contributed by atoms with Gasteiger partial charge in [-0.2, -0.15) is 0 Å². The number of allylic oxidation sites excluding steroid dienone is 1. The number of piperazine rings is 1. The van der Waals surface area contributed by atoms with E-state index in [0.29, 0.717) is 0 Å². The summed E-state index contributed by atoms with van der Waals surface area (Å²) in [4.78, 5) is 11.5. The van der Waals surface area contributed by atoms with Crippen LogP contribution >= 0.6 is 0 Å². The molecule has 1 aliphatic heterocycles. The Bertz CT molecular complexity index is 1190. The second kappa shape index (κ2) is 7.72. The largest absolute Gasteiger partial charge is 0.384 e. The SMILES string of the molecule is N=C(N)C1=C(N2CCNCC2)CC(c2ccnc(-c3cnc4ccccc4c3)c2)=C1. The molecule has 1 saturated heterocycles. The summed E-state index contributed by atoms with van der Waals surface area (Å²) in [5, 5.41) is 12.5. The number of rotatable bonds is 4. The van der Waals surface area contributed by atoms with Gasteiger partial charge in [-0.3, -0.25) is 15.4 Å². The van der Waals surface area contributed by atoms with E-state index in [0.717, 1.165) is 71.6 Å². The number of fused-ring (bicyclic) bond motifs is 1. The molecule has 0 spiro atoms. The predicted octanol–water partition coefficient (Wildman–Crippen LogP) is 3.18. The molecule has 3 heterocycles. The van der Waals surface area contributed by atoms with Crippen LogP contribution in [0.1, 0.15) is 12.0 Å². The van der Waals surface area contributed by atoms with Gasteiger partial charge in [-0.15, -0.1) is 0 Å². The minimum absolute atomic E-state index is 0.131. The highest BCUT2D eigenvalue weighted by Gasteiger charge is 2.25. The van der Waals surface area contributed by atoms with Crippen molar-refractivity contribution in [2.75, 3.05) is 26.2 Å². The Morgan fingerprint density at radius 3 is 2.70 bits per heavy atom. The van der Waals surface area contributed by atoms with Gasteiger partial charge < -0.3 is 16.0 Å². The van der Waals surface area contributed by atoms with Crippen molar-refractivity contribution in [3.05, 3.63) is 77.8 Å². The zero-order chi connectivity index (χ0) is 20.5. The lowest BCUT2D eigenvalue weighted by Gasteiger charge is -2.31. The Labute approximate surface area is 175 Å². The van der Waals surface area contributed by atoms with Crippen LogP contribution < -0.4 is 11.1 Å². The van der Waals surface area contributed by atoms with E-state index < -0.39 is 0 Å². The zero-order valence-electron chi connectivity index (χ0n) is 16.7. The van der Waals surface area contributed by atoms with E-state index >= 15 is 0 Å². The molecule has 3 aromatic rings. The highest BCUT2D eigenvalue weighted by molar-refractivity contribution is 6.02. The van der Waals surface area contributed by atoms with Crippen LogP contribution in [0.25, 0.3) is 27.7 Å². The van der Waals surface area contributed by atoms with E-state index in [-0.39, 0.29) is 5.84 Å². The van der Waals surface area contributed by atoms with E-state index in [1.54, 1.807) is 0 Å². The standard InChI is InChI=1S/C24H24N6/c25-24(26)20-12-18(14-23(20)30-9-7-27-8-10-30)16-5-6-28-22(13-16)19-11-17-3-1-2-4-21(17)29-15-19/h1-6,11-13,15,27H,7-10,14H2,(H3,25,26). The van der Waals surface area contributed by atoms with E-state index in [9.17, 15) is 0 Å². The third-order valence-corrected chi connectivity index (χ3v) is 5.79. The highest BCUT2D eigenvalue weighted by Crippen LogP contribution is 2.35. The van der Waals surface area contributed by atoms with Gasteiger partial charge >= 0.3 is 0 Å². The van der Waals surface area contributed by atoms with Crippen molar-refractivity contribution < 1.29 is 0 Å². The topological polar surface area (TPSA) is 90.9 Å². The van der Waals surface area contributed by atoms with Gasteiger partial charge in [0.05, 0.1) is 11.2 Å². The summed E-state index contributed by atoms with van der Waals surface area (Å²) in [6.07, 6.45) is 6.58. The molecule has 0 unspecified atom stereocenters. The first-order valence-corrected chi connectivity index (χ1v) is 10.2. The van der Waals surface area contributed by atoms with Gasteiger partial charge in [-0.1, -0.05) is 18.2 Å². The molecule has 0 atom stereocenters. The second-order valence-electron chi connectivity index (χ2n) is 7.70. The number of aromatic nitrogens is 2. The van der Waals surface area contributed by atoms with Crippen molar-refractivity contribution in [3.63, 3.8) is 0 Å². The summed E-state index contributed by atoms with van der Waals surface area (Å²) in [5.41, 5.74) is 13.1. The number of hydrogen-bond donors (Lipinski definition) is 3. The van der Waals surface area contributed by atoms with Crippen molar-refractivity contribution in [1.82, 2.24) is 20.2 Å². The summed E-state index contributed by atoms with van der Waals surface area (Å²) in [5.74, 6) is 0.131. The Hall–Kier alpha value is -3.51. The van der Waals surface area contributed by atoms with Gasteiger partial charge in [0.2, 0.25) is 0 Å². The molecule has 1 aromatic carbocycles. The van der Waals surface area contributed by atoms with Crippen molar-refractivity contribution in [2.24, 2.45) is 5.73 Å². The molecule has 2 aliphatic rings. The Morgan fingerprint density at radius 2 is 1.87 bits per heavy atom. The third-order valence-electron chi connectivity index (χ3n) is 5.79. The first kappa shape index (κ1) is 18.5. The van der Waals surface area contributed by atoms with E-state index in [1.807, 2.05) is 36.7 Å². The number of amidine groups is 1. The molecule has 0 radical (unpaired) electrons. The molecule has 150 valence electrons. The minimum atomic E-state index is 0.131. The smallest absolute Gasteiger partial charge is 0.124 e. The molecule has 1 fully saturated rings. The second-order valence-corrected chi connectivity index (χ2v) is 7.70. The maximum absolute atomic E-state index is 8.06. The maximum Gasteiger partial charge on any atom is 0.124 e. The lowest BCUT2D eigenvalue weighted by molar-refractivity contribution is 0.296. The summed E-state index contributed by atoms with van der Waals surface area (Å²) in [7, 11) is 0. The maximum atomic E-state index is 8.06. The molecule has 0 bridgehead atoms. The fourth-order valence-electron chi connectivity index (χ4n) is 4.22. The summed E-state index contributed by atoms with van der Waals surface area (Å²) >= 11 is 0. The molecule has 2 aromatic heterocycles. The molecule has 0 saturated carbocycles. The molecule has 5 rings (SSSR count). The van der Waals surface area contributed by atoms with E-state index in [2.05, 4.69) is 44.5 Å². The number of nitrogens with two attached hydrogens (primary N) is 1. The fraction of sp³-hybridized carbons (Fsp3) is 0.208. The Balaban J connectivity index is 1.46. The van der Waals surface area contributed by atoms with Gasteiger partial charge in [-0.05, 0) is 41.5 Å². The number of para-hydroxylation sites is 1. The first-order valence-electron chi connectivity index (χ1n) is 10.2. The number of nitrogens with one attached hydrogen (secondary N) is 2. The third kappa shape index (κ3) is 3.46. The lowest BCUT2D eigenvalue weighted by atomic mass is 10.0. The molecule has 0 amide bonds. The van der Waals surface area contributed by atoms with Crippen LogP contribution in [0.3, 0.4) is 0 Å². The molecule has 6 nitrogen and oxygen atoms in total. The van der Waals surface area contributed by atoms with Crippen molar-refractivity contribution >= 4 is 22.3 Å². The lowest BCUT2D eigenvalue weighted by Crippen LogP contribution is -2.43. The van der Waals surface area contributed by atoms with Crippen LogP contribution in [0.4, 0.5) is 0 Å². The fourth-order valence-corrected chi connectivity index (χ4v) is 4.22. The molecule has 1 aliphatic carbocycles. The van der Waals surface area contributed by atoms with Crippen molar-refractivity contribution in [1.29, 1.82) is 5.41 Å². The monoisotopic (exact) mass is 396 g/mol. The van der Waals surface area contributed by atoms with Gasteiger partial charge in [0, 0.05) is 67.2 Å². The summed E-state index contributed by atoms with van der Waals surface area (Å²) < 4.78 is 0. The van der Waals surface area contributed by atoms with Crippen molar-refractivity contribution in [2.45, 2.75) is 6.42 Å². The number of pyridine rings is 2. The van der Waals surface area contributed by atoms with Gasteiger partial charge in [0.25, 0.3) is 0 Å². The zero-order valence-corrected chi connectivity index (χ0v) is 16.7. The summed E-state index contributed by atoms with van der Waals surface area (Å²) in [6.45, 7) is 3.80. The predicted molar refractivity (Wildman–Crippen MR) is 121 cm³/mol. The van der Waals surface area contributed by atoms with Crippen LogP contribution in [-0.2, 0) is 0 Å². The number of benzene rings is 1. The normalized spacial score (nSPS) is 16.8. The van der Waals surface area contributed by atoms with E-state index in [1.165, 1.54) is 5.57 Å². The van der Waals surface area contributed by atoms with Crippen LogP contribution in [0.5, 0.6) is 0 Å². The average Bonchev–Trinajstić information content (AvgIpc) is 3.25. The van der Waals surface area contributed by atoms with E-state index in [4.69, 9.17) is 11.1 Å². The summed E-state index contributed by atoms with van der Waals surface area (Å²) in [6, 6.07) is 14.4. The molecule has 30 heavy (non-hydrogen) atoms. The van der Waals surface area contributed by atoms with Crippen LogP contribution in [0.2, 0.25) is 0 Å². The van der Waals surface area contributed by atoms with Crippen LogP contribution in [0, 0.1) is 5.41 Å². The van der Waals surface area contributed by atoms with Crippen LogP contribution in [0.15, 0.2) is 72.2 Å². The molecule has 4 N–H and O–H groups in total. The van der Waals surface area contributed by atoms with Gasteiger partial charge in [-0.25, -0.2) is 0 Å². The van der Waals surface area contributed by atoms with Crippen molar-refractivity contribution in [3.8, 4) is 11.3 Å². The van der Waals surface area contributed by atoms with Crippen LogP contribution in [-0.4, -0.2) is 46.9 Å². The molecular weight excluding hydrogens is 372 g/mol. The molecule has 6 heteroatoms.